The molecule has 0 spiro atoms. The monoisotopic (exact) mass is 300 g/mol. The third kappa shape index (κ3) is 4.27. The number of allylic oxidation sites excluding steroid dienone is 1. The number of benzene rings is 1. The van der Waals surface area contributed by atoms with Crippen LogP contribution in [0.1, 0.15) is 31.2 Å². The van der Waals surface area contributed by atoms with Gasteiger partial charge in [0.1, 0.15) is 0 Å². The Morgan fingerprint density at radius 1 is 1.07 bits per heavy atom. The van der Waals surface area contributed by atoms with E-state index in [0.717, 1.165) is 6.42 Å². The van der Waals surface area contributed by atoms with E-state index in [1.54, 1.807) is 0 Å². The highest BCUT2D eigenvalue weighted by Crippen LogP contribution is 2.18. The number of unbranched alkanes of at least 4 members (excludes halogenated alkanes) is 2. The van der Waals surface area contributed by atoms with Crippen LogP contribution in [-0.2, 0) is 0 Å². The molecule has 1 rings (SSSR count). The maximum absolute atomic E-state index is 4.12. The fourth-order valence-corrected chi connectivity index (χ4v) is 1.97. The molecule has 0 heterocycles. The molecule has 0 saturated heterocycles. The first-order valence-electron chi connectivity index (χ1n) is 5.14. The summed E-state index contributed by atoms with van der Waals surface area (Å²) >= 11 is 2.43. The maximum Gasteiger partial charge on any atom is -0.000473 e. The van der Waals surface area contributed by atoms with Gasteiger partial charge in [0.05, 0.1) is 0 Å². The summed E-state index contributed by atoms with van der Waals surface area (Å²) in [6.07, 6.45) is 5.08. The molecule has 14 heavy (non-hydrogen) atoms. The van der Waals surface area contributed by atoms with Crippen LogP contribution in [0.15, 0.2) is 36.9 Å². The van der Waals surface area contributed by atoms with Crippen LogP contribution in [0.5, 0.6) is 0 Å². The molecule has 0 aliphatic carbocycles. The summed E-state index contributed by atoms with van der Waals surface area (Å²) in [4.78, 5) is 0. The topological polar surface area (TPSA) is 0 Å². The SMILES string of the molecule is C=C(CCCCCI)c1ccccc1. The van der Waals surface area contributed by atoms with E-state index in [1.807, 2.05) is 6.07 Å². The number of rotatable bonds is 6. The molecule has 1 aromatic carbocycles. The number of halogens is 1. The lowest BCUT2D eigenvalue weighted by molar-refractivity contribution is 0.746. The molecule has 0 N–H and O–H groups in total. The van der Waals surface area contributed by atoms with Gasteiger partial charge in [0.25, 0.3) is 0 Å². The number of hydrogen-bond acceptors (Lipinski definition) is 0. The normalized spacial score (nSPS) is 10.1. The minimum atomic E-state index is 1.14. The molecule has 0 radical (unpaired) electrons. The van der Waals surface area contributed by atoms with Crippen molar-refractivity contribution in [2.45, 2.75) is 25.7 Å². The van der Waals surface area contributed by atoms with E-state index in [2.05, 4.69) is 53.4 Å². The highest BCUT2D eigenvalue weighted by molar-refractivity contribution is 14.1. The van der Waals surface area contributed by atoms with E-state index in [9.17, 15) is 0 Å². The Bertz CT molecular complexity index is 264. The number of hydrogen-bond donors (Lipinski definition) is 0. The second-order valence-corrected chi connectivity index (χ2v) is 4.55. The molecule has 0 atom stereocenters. The third-order valence-corrected chi connectivity index (χ3v) is 3.06. The zero-order valence-electron chi connectivity index (χ0n) is 8.51. The van der Waals surface area contributed by atoms with Crippen molar-refractivity contribution >= 4 is 28.2 Å². The van der Waals surface area contributed by atoms with Crippen molar-refractivity contribution in [2.75, 3.05) is 4.43 Å². The first-order valence-corrected chi connectivity index (χ1v) is 6.66. The lowest BCUT2D eigenvalue weighted by Crippen LogP contribution is -1.84. The summed E-state index contributed by atoms with van der Waals surface area (Å²) in [5.41, 5.74) is 2.57. The molecule has 0 fully saturated rings. The summed E-state index contributed by atoms with van der Waals surface area (Å²) in [6.45, 7) is 4.12. The molecule has 0 aromatic heterocycles. The molecule has 0 amide bonds. The van der Waals surface area contributed by atoms with Gasteiger partial charge in [0, 0.05) is 0 Å². The molecule has 0 saturated carbocycles. The zero-order valence-corrected chi connectivity index (χ0v) is 10.7. The van der Waals surface area contributed by atoms with Gasteiger partial charge in [-0.2, -0.15) is 0 Å². The highest BCUT2D eigenvalue weighted by atomic mass is 127. The van der Waals surface area contributed by atoms with E-state index < -0.39 is 0 Å². The van der Waals surface area contributed by atoms with Crippen LogP contribution in [0, 0.1) is 0 Å². The predicted molar refractivity (Wildman–Crippen MR) is 72.8 cm³/mol. The summed E-state index contributed by atoms with van der Waals surface area (Å²) in [6, 6.07) is 10.5. The van der Waals surface area contributed by atoms with Crippen molar-refractivity contribution in [3.8, 4) is 0 Å². The quantitative estimate of drug-likeness (QED) is 0.406. The van der Waals surface area contributed by atoms with E-state index in [1.165, 1.54) is 34.8 Å². The van der Waals surface area contributed by atoms with Gasteiger partial charge >= 0.3 is 0 Å². The van der Waals surface area contributed by atoms with Gasteiger partial charge in [-0.15, -0.1) is 0 Å². The first kappa shape index (κ1) is 11.8. The summed E-state index contributed by atoms with van der Waals surface area (Å²) in [7, 11) is 0. The lowest BCUT2D eigenvalue weighted by Gasteiger charge is -2.04. The minimum Gasteiger partial charge on any atom is -0.0952 e. The molecule has 0 bridgehead atoms. The molecule has 0 nitrogen and oxygen atoms in total. The van der Waals surface area contributed by atoms with Gasteiger partial charge < -0.3 is 0 Å². The highest BCUT2D eigenvalue weighted by Gasteiger charge is 1.97. The first-order chi connectivity index (χ1) is 6.84. The Kier molecular flexibility index (Phi) is 5.92. The largest absolute Gasteiger partial charge is 0.0952 e. The van der Waals surface area contributed by atoms with Crippen molar-refractivity contribution in [1.29, 1.82) is 0 Å². The molecular formula is C13H17I. The molecule has 1 heteroatoms. The van der Waals surface area contributed by atoms with E-state index in [-0.39, 0.29) is 0 Å². The van der Waals surface area contributed by atoms with Crippen LogP contribution in [0.2, 0.25) is 0 Å². The molecule has 1 aromatic rings. The van der Waals surface area contributed by atoms with Crippen molar-refractivity contribution in [1.82, 2.24) is 0 Å². The van der Waals surface area contributed by atoms with Gasteiger partial charge in [-0.1, -0.05) is 65.9 Å². The van der Waals surface area contributed by atoms with Crippen molar-refractivity contribution in [3.63, 3.8) is 0 Å². The van der Waals surface area contributed by atoms with Gasteiger partial charge in [-0.25, -0.2) is 0 Å². The predicted octanol–water partition coefficient (Wildman–Crippen LogP) is 4.70. The fraction of sp³-hybridized carbons (Fsp3) is 0.385. The van der Waals surface area contributed by atoms with Gasteiger partial charge in [0.15, 0.2) is 0 Å². The average Bonchev–Trinajstić information content (AvgIpc) is 2.25. The second-order valence-electron chi connectivity index (χ2n) is 3.47. The van der Waals surface area contributed by atoms with Crippen LogP contribution in [-0.4, -0.2) is 4.43 Å². The fourth-order valence-electron chi connectivity index (χ4n) is 1.43. The third-order valence-electron chi connectivity index (χ3n) is 2.29. The second kappa shape index (κ2) is 7.04. The maximum atomic E-state index is 4.12. The lowest BCUT2D eigenvalue weighted by atomic mass is 10.0. The number of alkyl halides is 1. The summed E-state index contributed by atoms with van der Waals surface area (Å²) in [5.74, 6) is 0. The Morgan fingerprint density at radius 3 is 2.43 bits per heavy atom. The minimum absolute atomic E-state index is 1.14. The van der Waals surface area contributed by atoms with E-state index in [4.69, 9.17) is 0 Å². The zero-order chi connectivity index (χ0) is 10.2. The molecule has 0 unspecified atom stereocenters. The standard InChI is InChI=1S/C13H17I/c1-12(8-4-3-7-11-14)13-9-5-2-6-10-13/h2,5-6,9-10H,1,3-4,7-8,11H2. The van der Waals surface area contributed by atoms with Gasteiger partial charge in [-0.3, -0.25) is 0 Å². The Balaban J connectivity index is 2.29. The van der Waals surface area contributed by atoms with E-state index in [0.29, 0.717) is 0 Å². The van der Waals surface area contributed by atoms with E-state index >= 15 is 0 Å². The molecule has 0 aliphatic heterocycles. The van der Waals surface area contributed by atoms with Gasteiger partial charge in [0.2, 0.25) is 0 Å². The summed E-state index contributed by atoms with van der Waals surface area (Å²) in [5, 5.41) is 0. The van der Waals surface area contributed by atoms with Crippen molar-refractivity contribution in [2.24, 2.45) is 0 Å². The molecular weight excluding hydrogens is 283 g/mol. The van der Waals surface area contributed by atoms with Crippen LogP contribution < -0.4 is 0 Å². The Labute approximate surface area is 101 Å². The average molecular weight is 300 g/mol. The van der Waals surface area contributed by atoms with Crippen LogP contribution in [0.3, 0.4) is 0 Å². The molecule has 76 valence electrons. The van der Waals surface area contributed by atoms with Gasteiger partial charge in [-0.05, 0) is 34.8 Å². The van der Waals surface area contributed by atoms with Crippen molar-refractivity contribution in [3.05, 3.63) is 42.5 Å². The Morgan fingerprint density at radius 2 is 1.79 bits per heavy atom. The Hall–Kier alpha value is -0.310. The van der Waals surface area contributed by atoms with Crippen LogP contribution >= 0.6 is 22.6 Å². The molecule has 0 aliphatic rings. The summed E-state index contributed by atoms with van der Waals surface area (Å²) < 4.78 is 1.27. The van der Waals surface area contributed by atoms with Crippen LogP contribution in [0.25, 0.3) is 5.57 Å². The van der Waals surface area contributed by atoms with Crippen molar-refractivity contribution < 1.29 is 0 Å². The van der Waals surface area contributed by atoms with Crippen LogP contribution in [0.4, 0.5) is 0 Å². The smallest absolute Gasteiger partial charge is 0.000473 e.